The summed E-state index contributed by atoms with van der Waals surface area (Å²) < 4.78 is 2.03. The summed E-state index contributed by atoms with van der Waals surface area (Å²) in [5.41, 5.74) is 3.14. The van der Waals surface area contributed by atoms with Crippen molar-refractivity contribution in [1.82, 2.24) is 19.7 Å². The summed E-state index contributed by atoms with van der Waals surface area (Å²) in [6, 6.07) is 8.31. The smallest absolute Gasteiger partial charge is 0.222 e. The molecule has 1 saturated heterocycles. The van der Waals surface area contributed by atoms with Gasteiger partial charge in [0.25, 0.3) is 0 Å². The van der Waals surface area contributed by atoms with Crippen LogP contribution < -0.4 is 4.90 Å². The number of thioether (sulfide) groups is 1. The van der Waals surface area contributed by atoms with Crippen LogP contribution in [0.2, 0.25) is 0 Å². The van der Waals surface area contributed by atoms with Gasteiger partial charge in [-0.1, -0.05) is 50.2 Å². The number of nitrogens with zero attached hydrogens (tertiary/aromatic N) is 5. The predicted molar refractivity (Wildman–Crippen MR) is 136 cm³/mol. The third-order valence-corrected chi connectivity index (χ3v) is 8.11. The SMILES string of the molecule is CCn1c(CN2CCCCCC2=O)nnc1S[C@H](C)C(=O)/C=C1/N(C)c2ccccc2C1(C)C. The van der Waals surface area contributed by atoms with Crippen molar-refractivity contribution in [2.24, 2.45) is 0 Å². The van der Waals surface area contributed by atoms with E-state index >= 15 is 0 Å². The van der Waals surface area contributed by atoms with Gasteiger partial charge in [0.2, 0.25) is 5.91 Å². The average Bonchev–Trinajstić information content (AvgIpc) is 3.18. The van der Waals surface area contributed by atoms with E-state index in [1.165, 1.54) is 17.3 Å². The van der Waals surface area contributed by atoms with Gasteiger partial charge in [-0.2, -0.15) is 0 Å². The highest BCUT2D eigenvalue weighted by molar-refractivity contribution is 8.00. The molecular weight excluding hydrogens is 446 g/mol. The van der Waals surface area contributed by atoms with Gasteiger partial charge in [0, 0.05) is 49.4 Å². The molecule has 2 aromatic rings. The van der Waals surface area contributed by atoms with Crippen molar-refractivity contribution in [1.29, 1.82) is 0 Å². The van der Waals surface area contributed by atoms with Gasteiger partial charge in [-0.15, -0.1) is 10.2 Å². The van der Waals surface area contributed by atoms with Gasteiger partial charge in [-0.3, -0.25) is 9.59 Å². The number of likely N-dealkylation sites (tertiary alicyclic amines) is 1. The van der Waals surface area contributed by atoms with Crippen molar-refractivity contribution < 1.29 is 9.59 Å². The molecule has 1 aromatic carbocycles. The van der Waals surface area contributed by atoms with E-state index in [1.54, 1.807) is 6.08 Å². The molecule has 3 heterocycles. The fourth-order valence-corrected chi connectivity index (χ4v) is 5.89. The Labute approximate surface area is 206 Å². The topological polar surface area (TPSA) is 71.3 Å². The third-order valence-electron chi connectivity index (χ3n) is 7.02. The summed E-state index contributed by atoms with van der Waals surface area (Å²) in [5.74, 6) is 1.03. The van der Waals surface area contributed by atoms with Crippen LogP contribution in [-0.4, -0.2) is 50.2 Å². The Morgan fingerprint density at radius 1 is 1.21 bits per heavy atom. The molecule has 1 fully saturated rings. The van der Waals surface area contributed by atoms with Crippen LogP contribution >= 0.6 is 11.8 Å². The van der Waals surface area contributed by atoms with Crippen LogP contribution in [0, 0.1) is 0 Å². The molecule has 1 atom stereocenters. The van der Waals surface area contributed by atoms with E-state index in [0.717, 1.165) is 48.2 Å². The molecule has 7 nitrogen and oxygen atoms in total. The number of aromatic nitrogens is 3. The second-order valence-electron chi connectivity index (χ2n) is 9.66. The molecule has 0 radical (unpaired) electrons. The lowest BCUT2D eigenvalue weighted by Gasteiger charge is -2.24. The molecule has 1 aromatic heterocycles. The van der Waals surface area contributed by atoms with Crippen molar-refractivity contribution in [3.8, 4) is 0 Å². The summed E-state index contributed by atoms with van der Waals surface area (Å²) >= 11 is 1.43. The first-order chi connectivity index (χ1) is 16.2. The molecule has 34 heavy (non-hydrogen) atoms. The lowest BCUT2D eigenvalue weighted by Crippen LogP contribution is -2.31. The first kappa shape index (κ1) is 24.5. The molecule has 182 valence electrons. The Balaban J connectivity index is 1.49. The number of amides is 1. The van der Waals surface area contributed by atoms with Gasteiger partial charge in [-0.05, 0) is 38.3 Å². The standard InChI is InChI=1S/C26H35N5O2S/c1-6-31-23(17-30-15-11-7-8-14-24(30)33)27-28-25(31)34-18(2)21(32)16-22-26(3,4)19-12-9-10-13-20(19)29(22)5/h9-10,12-13,16,18H,6-8,11,14-15,17H2,1-5H3/b22-16+/t18-/m1/s1. The number of carbonyl (C=O) groups is 2. The number of anilines is 1. The van der Waals surface area contributed by atoms with E-state index in [0.29, 0.717) is 19.5 Å². The van der Waals surface area contributed by atoms with E-state index in [2.05, 4.69) is 41.1 Å². The van der Waals surface area contributed by atoms with E-state index in [-0.39, 0.29) is 22.4 Å². The Morgan fingerprint density at radius 3 is 2.71 bits per heavy atom. The molecule has 4 rings (SSSR count). The summed E-state index contributed by atoms with van der Waals surface area (Å²) in [6.45, 7) is 10.2. The van der Waals surface area contributed by atoms with Crippen LogP contribution in [0.4, 0.5) is 5.69 Å². The number of rotatable bonds is 7. The highest BCUT2D eigenvalue weighted by Crippen LogP contribution is 2.46. The van der Waals surface area contributed by atoms with Crippen LogP contribution in [0.3, 0.4) is 0 Å². The fraction of sp³-hybridized carbons (Fsp3) is 0.538. The zero-order chi connectivity index (χ0) is 24.5. The monoisotopic (exact) mass is 481 g/mol. The first-order valence-corrected chi connectivity index (χ1v) is 13.1. The van der Waals surface area contributed by atoms with E-state index in [1.807, 2.05) is 42.5 Å². The van der Waals surface area contributed by atoms with Crippen molar-refractivity contribution in [2.75, 3.05) is 18.5 Å². The minimum absolute atomic E-state index is 0.0580. The molecule has 1 amide bonds. The van der Waals surface area contributed by atoms with Crippen LogP contribution in [0.15, 0.2) is 41.2 Å². The maximum absolute atomic E-state index is 13.3. The molecule has 0 spiro atoms. The summed E-state index contributed by atoms with van der Waals surface area (Å²) in [7, 11) is 2.02. The molecule has 2 aliphatic rings. The highest BCUT2D eigenvalue weighted by Gasteiger charge is 2.39. The van der Waals surface area contributed by atoms with Gasteiger partial charge in [0.1, 0.15) is 0 Å². The largest absolute Gasteiger partial charge is 0.347 e. The normalized spacial score (nSPS) is 19.9. The number of benzene rings is 1. The van der Waals surface area contributed by atoms with E-state index in [9.17, 15) is 9.59 Å². The minimum atomic E-state index is -0.303. The predicted octanol–water partition coefficient (Wildman–Crippen LogP) is 4.56. The van der Waals surface area contributed by atoms with Crippen molar-refractivity contribution >= 4 is 29.1 Å². The first-order valence-electron chi connectivity index (χ1n) is 12.2. The Hall–Kier alpha value is -2.61. The number of allylic oxidation sites excluding steroid dienone is 2. The molecular formula is C26H35N5O2S. The van der Waals surface area contributed by atoms with Crippen molar-refractivity contribution in [3.05, 3.63) is 47.4 Å². The molecule has 0 N–H and O–H groups in total. The molecule has 8 heteroatoms. The summed E-state index contributed by atoms with van der Waals surface area (Å²) in [4.78, 5) is 29.7. The van der Waals surface area contributed by atoms with Crippen LogP contribution in [0.25, 0.3) is 0 Å². The zero-order valence-corrected chi connectivity index (χ0v) is 21.7. The van der Waals surface area contributed by atoms with Gasteiger partial charge in [-0.25, -0.2) is 0 Å². The Bertz CT molecular complexity index is 1110. The lowest BCUT2D eigenvalue weighted by atomic mass is 9.83. The highest BCUT2D eigenvalue weighted by atomic mass is 32.2. The summed E-state index contributed by atoms with van der Waals surface area (Å²) in [5, 5.41) is 9.19. The molecule has 0 saturated carbocycles. The van der Waals surface area contributed by atoms with Crippen LogP contribution in [0.5, 0.6) is 0 Å². The maximum Gasteiger partial charge on any atom is 0.222 e. The number of carbonyl (C=O) groups excluding carboxylic acids is 2. The van der Waals surface area contributed by atoms with E-state index < -0.39 is 0 Å². The molecule has 0 aliphatic carbocycles. The second-order valence-corrected chi connectivity index (χ2v) is 11.0. The number of fused-ring (bicyclic) bond motifs is 1. The minimum Gasteiger partial charge on any atom is -0.347 e. The van der Waals surface area contributed by atoms with Crippen molar-refractivity contribution in [3.63, 3.8) is 0 Å². The number of likely N-dealkylation sites (N-methyl/N-ethyl adjacent to an activating group) is 1. The average molecular weight is 482 g/mol. The van der Waals surface area contributed by atoms with Crippen LogP contribution in [-0.2, 0) is 28.1 Å². The molecule has 2 aliphatic heterocycles. The number of para-hydroxylation sites is 1. The van der Waals surface area contributed by atoms with Gasteiger partial charge >= 0.3 is 0 Å². The van der Waals surface area contributed by atoms with Gasteiger partial charge in [0.15, 0.2) is 16.8 Å². The number of hydrogen-bond donors (Lipinski definition) is 0. The quantitative estimate of drug-likeness (QED) is 0.426. The molecule has 0 unspecified atom stereocenters. The van der Waals surface area contributed by atoms with Crippen molar-refractivity contribution in [2.45, 2.75) is 82.3 Å². The van der Waals surface area contributed by atoms with Crippen LogP contribution in [0.1, 0.15) is 64.8 Å². The van der Waals surface area contributed by atoms with E-state index in [4.69, 9.17) is 0 Å². The number of hydrogen-bond acceptors (Lipinski definition) is 6. The summed E-state index contributed by atoms with van der Waals surface area (Å²) in [6.07, 6.45) is 5.49. The van der Waals surface area contributed by atoms with Gasteiger partial charge in [0.05, 0.1) is 11.8 Å². The second kappa shape index (κ2) is 9.94. The zero-order valence-electron chi connectivity index (χ0n) is 20.9. The lowest BCUT2D eigenvalue weighted by molar-refractivity contribution is -0.131. The Kier molecular flexibility index (Phi) is 7.17. The number of ketones is 1. The van der Waals surface area contributed by atoms with Gasteiger partial charge < -0.3 is 14.4 Å². The third kappa shape index (κ3) is 4.65. The maximum atomic E-state index is 13.3. The molecule has 0 bridgehead atoms. The Morgan fingerprint density at radius 2 is 1.97 bits per heavy atom. The fourth-order valence-electron chi connectivity index (χ4n) is 4.94.